The molecule has 1 aromatic carbocycles. The number of rotatable bonds is 4. The van der Waals surface area contributed by atoms with Gasteiger partial charge in [0, 0.05) is 57.0 Å². The van der Waals surface area contributed by atoms with Gasteiger partial charge in [-0.1, -0.05) is 0 Å². The van der Waals surface area contributed by atoms with Crippen molar-refractivity contribution in [2.24, 2.45) is 0 Å². The highest BCUT2D eigenvalue weighted by atomic mass is 16.6. The van der Waals surface area contributed by atoms with Gasteiger partial charge in [-0.25, -0.2) is 0 Å². The van der Waals surface area contributed by atoms with Crippen LogP contribution < -0.4 is 9.80 Å². The monoisotopic (exact) mass is 396 g/mol. The number of piperidine rings is 1. The van der Waals surface area contributed by atoms with Crippen LogP contribution in [0.4, 0.5) is 17.3 Å². The number of piperazine rings is 1. The van der Waals surface area contributed by atoms with Crippen LogP contribution in [0.3, 0.4) is 0 Å². The second-order valence-electron chi connectivity index (χ2n) is 7.38. The molecule has 9 heteroatoms. The van der Waals surface area contributed by atoms with Crippen molar-refractivity contribution in [3.05, 3.63) is 52.1 Å². The molecule has 0 unspecified atom stereocenters. The Morgan fingerprint density at radius 3 is 1.86 bits per heavy atom. The molecule has 4 rings (SSSR count). The van der Waals surface area contributed by atoms with E-state index in [-0.39, 0.29) is 11.6 Å². The van der Waals surface area contributed by atoms with Crippen molar-refractivity contribution in [3.63, 3.8) is 0 Å². The maximum Gasteiger partial charge on any atom is 0.269 e. The molecule has 2 aromatic rings. The maximum atomic E-state index is 12.6. The number of nitro groups is 1. The SMILES string of the molecule is O=C(c1ccc([N+](=O)[O-])cc1)N1CCN(c2ccc(N3CCCCC3)nn2)CC1. The molecule has 29 heavy (non-hydrogen) atoms. The minimum Gasteiger partial charge on any atom is -0.355 e. The third-order valence-corrected chi connectivity index (χ3v) is 5.53. The molecule has 9 nitrogen and oxygen atoms in total. The van der Waals surface area contributed by atoms with Crippen molar-refractivity contribution in [2.45, 2.75) is 19.3 Å². The van der Waals surface area contributed by atoms with Gasteiger partial charge in [0.15, 0.2) is 11.6 Å². The molecule has 0 saturated carbocycles. The summed E-state index contributed by atoms with van der Waals surface area (Å²) in [5.74, 6) is 1.65. The first-order chi connectivity index (χ1) is 14.1. The Hall–Kier alpha value is -3.23. The van der Waals surface area contributed by atoms with E-state index in [1.165, 1.54) is 43.5 Å². The van der Waals surface area contributed by atoms with Gasteiger partial charge >= 0.3 is 0 Å². The lowest BCUT2D eigenvalue weighted by Gasteiger charge is -2.35. The van der Waals surface area contributed by atoms with E-state index < -0.39 is 4.92 Å². The van der Waals surface area contributed by atoms with Crippen LogP contribution in [0.25, 0.3) is 0 Å². The van der Waals surface area contributed by atoms with E-state index in [0.29, 0.717) is 31.7 Å². The van der Waals surface area contributed by atoms with Gasteiger partial charge in [-0.2, -0.15) is 0 Å². The summed E-state index contributed by atoms with van der Waals surface area (Å²) in [5, 5.41) is 19.6. The van der Waals surface area contributed by atoms with Crippen molar-refractivity contribution in [1.82, 2.24) is 15.1 Å². The zero-order valence-corrected chi connectivity index (χ0v) is 16.2. The molecule has 152 valence electrons. The van der Waals surface area contributed by atoms with Crippen LogP contribution in [0.2, 0.25) is 0 Å². The highest BCUT2D eigenvalue weighted by Gasteiger charge is 2.24. The Bertz CT molecular complexity index is 857. The molecule has 3 heterocycles. The number of hydrogen-bond donors (Lipinski definition) is 0. The van der Waals surface area contributed by atoms with Gasteiger partial charge in [-0.3, -0.25) is 14.9 Å². The predicted octanol–water partition coefficient (Wildman–Crippen LogP) is 2.34. The first kappa shape index (κ1) is 19.1. The molecule has 0 radical (unpaired) electrons. The quantitative estimate of drug-likeness (QED) is 0.578. The zero-order valence-electron chi connectivity index (χ0n) is 16.2. The Kier molecular flexibility index (Phi) is 5.55. The van der Waals surface area contributed by atoms with Crippen LogP contribution >= 0.6 is 0 Å². The summed E-state index contributed by atoms with van der Waals surface area (Å²) in [4.78, 5) is 29.1. The Labute approximate surface area is 169 Å². The van der Waals surface area contributed by atoms with E-state index >= 15 is 0 Å². The van der Waals surface area contributed by atoms with Crippen LogP contribution in [0.5, 0.6) is 0 Å². The molecule has 2 aliphatic rings. The maximum absolute atomic E-state index is 12.6. The molecule has 2 aliphatic heterocycles. The normalized spacial score (nSPS) is 17.3. The predicted molar refractivity (Wildman–Crippen MR) is 109 cm³/mol. The summed E-state index contributed by atoms with van der Waals surface area (Å²) < 4.78 is 0. The highest BCUT2D eigenvalue weighted by molar-refractivity contribution is 5.94. The van der Waals surface area contributed by atoms with Gasteiger partial charge in [0.1, 0.15) is 0 Å². The van der Waals surface area contributed by atoms with E-state index in [1.54, 1.807) is 4.90 Å². The third kappa shape index (κ3) is 4.28. The zero-order chi connectivity index (χ0) is 20.2. The molecule has 0 spiro atoms. The summed E-state index contributed by atoms with van der Waals surface area (Å²) in [5.41, 5.74) is 0.452. The van der Waals surface area contributed by atoms with E-state index in [1.807, 2.05) is 12.1 Å². The standard InChI is InChI=1S/C20H24N6O3/c27-20(16-4-6-17(7-5-16)26(28)29)25-14-12-24(13-15-25)19-9-8-18(21-22-19)23-10-2-1-3-11-23/h4-9H,1-3,10-15H2. The fourth-order valence-electron chi connectivity index (χ4n) is 3.83. The van der Waals surface area contributed by atoms with Crippen LogP contribution in [0.1, 0.15) is 29.6 Å². The van der Waals surface area contributed by atoms with Crippen LogP contribution in [-0.2, 0) is 0 Å². The lowest BCUT2D eigenvalue weighted by molar-refractivity contribution is -0.384. The lowest BCUT2D eigenvalue weighted by Crippen LogP contribution is -2.49. The van der Waals surface area contributed by atoms with E-state index in [2.05, 4.69) is 20.0 Å². The molecule has 0 atom stereocenters. The third-order valence-electron chi connectivity index (χ3n) is 5.53. The fourth-order valence-corrected chi connectivity index (χ4v) is 3.83. The molecule has 1 amide bonds. The van der Waals surface area contributed by atoms with E-state index in [4.69, 9.17) is 0 Å². The summed E-state index contributed by atoms with van der Waals surface area (Å²) in [6, 6.07) is 9.79. The average molecular weight is 396 g/mol. The first-order valence-corrected chi connectivity index (χ1v) is 9.99. The Morgan fingerprint density at radius 1 is 0.793 bits per heavy atom. The van der Waals surface area contributed by atoms with Crippen molar-refractivity contribution in [3.8, 4) is 0 Å². The van der Waals surface area contributed by atoms with Crippen LogP contribution in [0, 0.1) is 10.1 Å². The summed E-state index contributed by atoms with van der Waals surface area (Å²) >= 11 is 0. The number of carbonyl (C=O) groups excluding carboxylic acids is 1. The first-order valence-electron chi connectivity index (χ1n) is 9.99. The number of amides is 1. The second kappa shape index (κ2) is 8.42. The van der Waals surface area contributed by atoms with Crippen LogP contribution in [0.15, 0.2) is 36.4 Å². The number of non-ortho nitro benzene ring substituents is 1. The Balaban J connectivity index is 1.34. The minimum absolute atomic E-state index is 0.0158. The average Bonchev–Trinajstić information content (AvgIpc) is 2.79. The van der Waals surface area contributed by atoms with Crippen molar-refractivity contribution in [1.29, 1.82) is 0 Å². The van der Waals surface area contributed by atoms with Gasteiger partial charge in [-0.05, 0) is 43.5 Å². The van der Waals surface area contributed by atoms with Crippen molar-refractivity contribution in [2.75, 3.05) is 49.1 Å². The van der Waals surface area contributed by atoms with Gasteiger partial charge < -0.3 is 14.7 Å². The van der Waals surface area contributed by atoms with Crippen molar-refractivity contribution < 1.29 is 9.72 Å². The Morgan fingerprint density at radius 2 is 1.34 bits per heavy atom. The molecule has 2 saturated heterocycles. The minimum atomic E-state index is -0.468. The van der Waals surface area contributed by atoms with Crippen LogP contribution in [-0.4, -0.2) is 65.2 Å². The molecule has 0 bridgehead atoms. The summed E-state index contributed by atoms with van der Waals surface area (Å²) in [6.45, 7) is 4.58. The van der Waals surface area contributed by atoms with E-state index in [9.17, 15) is 14.9 Å². The molecule has 2 fully saturated rings. The van der Waals surface area contributed by atoms with Gasteiger partial charge in [0.2, 0.25) is 0 Å². The number of nitrogens with zero attached hydrogens (tertiary/aromatic N) is 6. The largest absolute Gasteiger partial charge is 0.355 e. The molecule has 0 N–H and O–H groups in total. The topological polar surface area (TPSA) is 95.7 Å². The lowest BCUT2D eigenvalue weighted by atomic mass is 10.1. The number of anilines is 2. The van der Waals surface area contributed by atoms with Gasteiger partial charge in [0.05, 0.1) is 4.92 Å². The summed E-state index contributed by atoms with van der Waals surface area (Å²) in [7, 11) is 0. The number of hydrogen-bond acceptors (Lipinski definition) is 7. The highest BCUT2D eigenvalue weighted by Crippen LogP contribution is 2.20. The molecular formula is C20H24N6O3. The smallest absolute Gasteiger partial charge is 0.269 e. The number of nitro benzene ring substituents is 1. The number of aromatic nitrogens is 2. The second-order valence-corrected chi connectivity index (χ2v) is 7.38. The molecule has 1 aromatic heterocycles. The van der Waals surface area contributed by atoms with Gasteiger partial charge in [0.25, 0.3) is 11.6 Å². The van der Waals surface area contributed by atoms with E-state index in [0.717, 1.165) is 24.7 Å². The van der Waals surface area contributed by atoms with Gasteiger partial charge in [-0.15, -0.1) is 10.2 Å². The number of benzene rings is 1. The number of carbonyl (C=O) groups is 1. The summed E-state index contributed by atoms with van der Waals surface area (Å²) in [6.07, 6.45) is 3.69. The van der Waals surface area contributed by atoms with Crippen molar-refractivity contribution >= 4 is 23.2 Å². The molecule has 0 aliphatic carbocycles. The molecular weight excluding hydrogens is 372 g/mol. The fraction of sp³-hybridized carbons (Fsp3) is 0.450.